The summed E-state index contributed by atoms with van der Waals surface area (Å²) in [5.41, 5.74) is 1.66. The lowest BCUT2D eigenvalue weighted by molar-refractivity contribution is -0.142. The molecule has 0 atom stereocenters. The van der Waals surface area contributed by atoms with Crippen LogP contribution in [-0.4, -0.2) is 49.8 Å². The highest BCUT2D eigenvalue weighted by molar-refractivity contribution is 7.88. The van der Waals surface area contributed by atoms with Gasteiger partial charge in [0.15, 0.2) is 0 Å². The van der Waals surface area contributed by atoms with Crippen molar-refractivity contribution in [2.24, 2.45) is 0 Å². The summed E-state index contributed by atoms with van der Waals surface area (Å²) in [5.74, 6) is -1.09. The number of nitrogens with zero attached hydrogens (tertiary/aromatic N) is 1. The van der Waals surface area contributed by atoms with Crippen molar-refractivity contribution >= 4 is 16.0 Å². The van der Waals surface area contributed by atoms with Crippen LogP contribution in [0.3, 0.4) is 0 Å². The molecule has 0 radical (unpaired) electrons. The first kappa shape index (κ1) is 19.1. The Morgan fingerprint density at radius 1 is 1.04 bits per heavy atom. The summed E-state index contributed by atoms with van der Waals surface area (Å²) in [4.78, 5) is 10.6. The van der Waals surface area contributed by atoms with Crippen molar-refractivity contribution in [1.29, 1.82) is 0 Å². The first-order valence-corrected chi connectivity index (χ1v) is 9.60. The molecular formula is C18H21NO5S. The molecule has 0 heterocycles. The monoisotopic (exact) mass is 363 g/mol. The van der Waals surface area contributed by atoms with Gasteiger partial charge >= 0.3 is 5.97 Å². The molecular weight excluding hydrogens is 342 g/mol. The Bertz CT molecular complexity index is 738. The second-order valence-electron chi connectivity index (χ2n) is 5.54. The Kier molecular flexibility index (Phi) is 6.69. The molecule has 2 aromatic rings. The van der Waals surface area contributed by atoms with Crippen molar-refractivity contribution in [2.45, 2.75) is 6.04 Å². The normalized spacial score (nSPS) is 11.8. The van der Waals surface area contributed by atoms with E-state index in [1.54, 1.807) is 0 Å². The maximum absolute atomic E-state index is 12.4. The van der Waals surface area contributed by atoms with Gasteiger partial charge in [0.2, 0.25) is 10.0 Å². The van der Waals surface area contributed by atoms with Crippen LogP contribution in [0.5, 0.6) is 0 Å². The molecule has 0 saturated heterocycles. The van der Waals surface area contributed by atoms with E-state index < -0.39 is 28.6 Å². The lowest BCUT2D eigenvalue weighted by Gasteiger charge is -2.30. The predicted molar refractivity (Wildman–Crippen MR) is 94.7 cm³/mol. The fourth-order valence-corrected chi connectivity index (χ4v) is 3.63. The quantitative estimate of drug-likeness (QED) is 0.690. The van der Waals surface area contributed by atoms with E-state index in [1.165, 1.54) is 4.31 Å². The first-order chi connectivity index (χ1) is 11.9. The standard InChI is InChI=1S/C18H21NO5S/c1-25(22,23)19(12-13-24-14-17(20)21)18(15-8-4-2-5-9-15)16-10-6-3-7-11-16/h2-11,18H,12-14H2,1H3,(H,20,21). The summed E-state index contributed by atoms with van der Waals surface area (Å²) in [7, 11) is -3.56. The number of carboxylic acid groups (broad SMARTS) is 1. The highest BCUT2D eigenvalue weighted by Crippen LogP contribution is 2.30. The topological polar surface area (TPSA) is 83.9 Å². The molecule has 0 bridgehead atoms. The van der Waals surface area contributed by atoms with E-state index in [4.69, 9.17) is 9.84 Å². The Labute approximate surface area is 147 Å². The molecule has 0 saturated carbocycles. The molecule has 134 valence electrons. The molecule has 6 nitrogen and oxygen atoms in total. The van der Waals surface area contributed by atoms with Gasteiger partial charge in [0.1, 0.15) is 6.61 Å². The van der Waals surface area contributed by atoms with Crippen molar-refractivity contribution in [2.75, 3.05) is 26.0 Å². The van der Waals surface area contributed by atoms with E-state index in [-0.39, 0.29) is 13.2 Å². The number of hydrogen-bond donors (Lipinski definition) is 1. The fourth-order valence-electron chi connectivity index (χ4n) is 2.60. The molecule has 2 rings (SSSR count). The number of sulfonamides is 1. The van der Waals surface area contributed by atoms with Crippen molar-refractivity contribution < 1.29 is 23.1 Å². The van der Waals surface area contributed by atoms with Crippen LogP contribution < -0.4 is 0 Å². The van der Waals surface area contributed by atoms with Gasteiger partial charge in [0.25, 0.3) is 0 Å². The van der Waals surface area contributed by atoms with E-state index >= 15 is 0 Å². The van der Waals surface area contributed by atoms with Gasteiger partial charge < -0.3 is 9.84 Å². The second kappa shape index (κ2) is 8.75. The maximum Gasteiger partial charge on any atom is 0.329 e. The fraction of sp³-hybridized carbons (Fsp3) is 0.278. The number of benzene rings is 2. The second-order valence-corrected chi connectivity index (χ2v) is 7.48. The average molecular weight is 363 g/mol. The average Bonchev–Trinajstić information content (AvgIpc) is 2.58. The van der Waals surface area contributed by atoms with Crippen LogP contribution in [0.4, 0.5) is 0 Å². The van der Waals surface area contributed by atoms with Crippen molar-refractivity contribution in [3.63, 3.8) is 0 Å². The minimum absolute atomic E-state index is 0.00443. The molecule has 25 heavy (non-hydrogen) atoms. The summed E-state index contributed by atoms with van der Waals surface area (Å²) in [6.07, 6.45) is 1.14. The number of carboxylic acids is 1. The van der Waals surface area contributed by atoms with Gasteiger partial charge in [-0.1, -0.05) is 60.7 Å². The molecule has 0 fully saturated rings. The Morgan fingerprint density at radius 3 is 1.92 bits per heavy atom. The van der Waals surface area contributed by atoms with Crippen LogP contribution in [0, 0.1) is 0 Å². The predicted octanol–water partition coefficient (Wildman–Crippen LogP) is 2.14. The van der Waals surface area contributed by atoms with Crippen molar-refractivity contribution in [1.82, 2.24) is 4.31 Å². The van der Waals surface area contributed by atoms with Gasteiger partial charge in [0.05, 0.1) is 18.9 Å². The number of ether oxygens (including phenoxy) is 1. The minimum atomic E-state index is -3.56. The maximum atomic E-state index is 12.4. The van der Waals surface area contributed by atoms with E-state index in [1.807, 2.05) is 60.7 Å². The molecule has 0 aromatic heterocycles. The van der Waals surface area contributed by atoms with Gasteiger partial charge in [-0.2, -0.15) is 4.31 Å². The number of carbonyl (C=O) groups is 1. The summed E-state index contributed by atoms with van der Waals surface area (Å²) in [5, 5.41) is 8.65. The highest BCUT2D eigenvalue weighted by atomic mass is 32.2. The lowest BCUT2D eigenvalue weighted by atomic mass is 9.99. The van der Waals surface area contributed by atoms with Crippen LogP contribution in [0.2, 0.25) is 0 Å². The zero-order valence-corrected chi connectivity index (χ0v) is 14.7. The number of hydrogen-bond acceptors (Lipinski definition) is 4. The van der Waals surface area contributed by atoms with Crippen LogP contribution in [0.25, 0.3) is 0 Å². The molecule has 0 amide bonds. The van der Waals surface area contributed by atoms with Gasteiger partial charge in [0, 0.05) is 6.54 Å². The summed E-state index contributed by atoms with van der Waals surface area (Å²) in [6.45, 7) is -0.408. The third-order valence-electron chi connectivity index (χ3n) is 3.63. The summed E-state index contributed by atoms with van der Waals surface area (Å²) in [6, 6.07) is 18.1. The van der Waals surface area contributed by atoms with Gasteiger partial charge in [-0.3, -0.25) is 0 Å². The first-order valence-electron chi connectivity index (χ1n) is 7.76. The van der Waals surface area contributed by atoms with Gasteiger partial charge in [-0.05, 0) is 11.1 Å². The molecule has 0 aliphatic heterocycles. The Balaban J connectivity index is 2.35. The SMILES string of the molecule is CS(=O)(=O)N(CCOCC(=O)O)C(c1ccccc1)c1ccccc1. The highest BCUT2D eigenvalue weighted by Gasteiger charge is 2.29. The minimum Gasteiger partial charge on any atom is -0.480 e. The molecule has 1 N–H and O–H groups in total. The molecule has 2 aromatic carbocycles. The third-order valence-corrected chi connectivity index (χ3v) is 4.87. The number of aliphatic carboxylic acids is 1. The van der Waals surface area contributed by atoms with Gasteiger partial charge in [-0.15, -0.1) is 0 Å². The molecule has 7 heteroatoms. The molecule has 0 unspecified atom stereocenters. The third kappa shape index (κ3) is 5.67. The zero-order valence-electron chi connectivity index (χ0n) is 13.9. The Morgan fingerprint density at radius 2 is 1.52 bits per heavy atom. The lowest BCUT2D eigenvalue weighted by Crippen LogP contribution is -2.37. The van der Waals surface area contributed by atoms with E-state index in [0.29, 0.717) is 0 Å². The van der Waals surface area contributed by atoms with Crippen LogP contribution >= 0.6 is 0 Å². The summed E-state index contributed by atoms with van der Waals surface area (Å²) < 4.78 is 31.2. The van der Waals surface area contributed by atoms with Crippen molar-refractivity contribution in [3.05, 3.63) is 71.8 Å². The largest absolute Gasteiger partial charge is 0.480 e. The van der Waals surface area contributed by atoms with E-state index in [9.17, 15) is 13.2 Å². The van der Waals surface area contributed by atoms with E-state index in [0.717, 1.165) is 17.4 Å². The summed E-state index contributed by atoms with van der Waals surface area (Å²) >= 11 is 0. The zero-order chi connectivity index (χ0) is 18.3. The van der Waals surface area contributed by atoms with Crippen LogP contribution in [-0.2, 0) is 19.6 Å². The number of rotatable bonds is 9. The molecule has 0 aliphatic rings. The van der Waals surface area contributed by atoms with Crippen LogP contribution in [0.1, 0.15) is 17.2 Å². The van der Waals surface area contributed by atoms with Crippen molar-refractivity contribution in [3.8, 4) is 0 Å². The Hall–Kier alpha value is -2.22. The molecule has 0 aliphatic carbocycles. The van der Waals surface area contributed by atoms with E-state index in [2.05, 4.69) is 0 Å². The molecule has 0 spiro atoms. The van der Waals surface area contributed by atoms with Crippen LogP contribution in [0.15, 0.2) is 60.7 Å². The smallest absolute Gasteiger partial charge is 0.329 e. The van der Waals surface area contributed by atoms with Gasteiger partial charge in [-0.25, -0.2) is 13.2 Å².